The molecule has 108 valence electrons. The second kappa shape index (κ2) is 6.65. The Morgan fingerprint density at radius 3 is 2.50 bits per heavy atom. The van der Waals surface area contributed by atoms with E-state index >= 15 is 0 Å². The highest BCUT2D eigenvalue weighted by Crippen LogP contribution is 2.27. The van der Waals surface area contributed by atoms with Crippen LogP contribution in [0.1, 0.15) is 25.0 Å². The van der Waals surface area contributed by atoms with Crippen LogP contribution in [0.25, 0.3) is 0 Å². The summed E-state index contributed by atoms with van der Waals surface area (Å²) in [6.45, 7) is 4.33. The highest BCUT2D eigenvalue weighted by Gasteiger charge is 2.16. The van der Waals surface area contributed by atoms with Crippen LogP contribution in [0.15, 0.2) is 12.1 Å². The minimum Gasteiger partial charge on any atom is -0.466 e. The first-order valence-corrected chi connectivity index (χ1v) is 6.00. The van der Waals surface area contributed by atoms with Gasteiger partial charge in [-0.3, -0.25) is 19.7 Å². The fourth-order valence-corrected chi connectivity index (χ4v) is 1.75. The number of anilines is 1. The lowest BCUT2D eigenvalue weighted by molar-refractivity contribution is -0.385. The number of carbonyl (C=O) groups is 2. The Bertz CT molecular complexity index is 554. The number of nitro groups is 1. The maximum absolute atomic E-state index is 11.1. The number of nitrogens with one attached hydrogen (secondary N) is 1. The minimum atomic E-state index is -0.484. The molecule has 0 aliphatic heterocycles. The number of nitro benzene ring substituents is 1. The molecule has 7 heteroatoms. The highest BCUT2D eigenvalue weighted by atomic mass is 16.6. The van der Waals surface area contributed by atoms with Gasteiger partial charge in [0.2, 0.25) is 5.91 Å². The number of esters is 1. The molecule has 1 rings (SSSR count). The summed E-state index contributed by atoms with van der Waals surface area (Å²) in [5.41, 5.74) is 1.47. The summed E-state index contributed by atoms with van der Waals surface area (Å²) in [5, 5.41) is 13.5. The Kier molecular flexibility index (Phi) is 5.19. The van der Waals surface area contributed by atoms with Crippen LogP contribution >= 0.6 is 0 Å². The van der Waals surface area contributed by atoms with E-state index in [1.807, 2.05) is 0 Å². The van der Waals surface area contributed by atoms with E-state index in [4.69, 9.17) is 4.74 Å². The van der Waals surface area contributed by atoms with Gasteiger partial charge in [-0.2, -0.15) is 0 Å². The van der Waals surface area contributed by atoms with Gasteiger partial charge in [0, 0.05) is 37.6 Å². The van der Waals surface area contributed by atoms with Gasteiger partial charge in [-0.25, -0.2) is 0 Å². The second-order valence-corrected chi connectivity index (χ2v) is 4.32. The molecule has 0 saturated carbocycles. The molecule has 0 aromatic heterocycles. The van der Waals surface area contributed by atoms with Gasteiger partial charge in [-0.05, 0) is 18.6 Å². The van der Waals surface area contributed by atoms with Crippen LogP contribution in [0, 0.1) is 17.0 Å². The molecule has 0 saturated heterocycles. The normalized spacial score (nSPS) is 9.95. The minimum absolute atomic E-state index is 0.0306. The molecule has 0 aliphatic carbocycles. The zero-order valence-electron chi connectivity index (χ0n) is 11.6. The predicted molar refractivity (Wildman–Crippen MR) is 72.5 cm³/mol. The van der Waals surface area contributed by atoms with E-state index in [9.17, 15) is 19.7 Å². The van der Waals surface area contributed by atoms with Gasteiger partial charge >= 0.3 is 5.97 Å². The van der Waals surface area contributed by atoms with Gasteiger partial charge < -0.3 is 10.1 Å². The van der Waals surface area contributed by atoms with Crippen molar-refractivity contribution in [1.29, 1.82) is 0 Å². The Morgan fingerprint density at radius 1 is 1.35 bits per heavy atom. The number of benzene rings is 1. The Labute approximate surface area is 116 Å². The zero-order valence-corrected chi connectivity index (χ0v) is 11.6. The lowest BCUT2D eigenvalue weighted by atomic mass is 10.0. The predicted octanol–water partition coefficient (Wildman–Crippen LogP) is 1.97. The van der Waals surface area contributed by atoms with E-state index in [1.165, 1.54) is 19.9 Å². The Hall–Kier alpha value is -2.44. The maximum atomic E-state index is 11.1. The number of ether oxygens (including phenoxy) is 1. The van der Waals surface area contributed by atoms with Crippen molar-refractivity contribution in [3.8, 4) is 0 Å². The van der Waals surface area contributed by atoms with Gasteiger partial charge in [0.05, 0.1) is 11.5 Å². The summed E-state index contributed by atoms with van der Waals surface area (Å²) >= 11 is 0. The number of rotatable bonds is 5. The molecule has 1 N–H and O–H groups in total. The van der Waals surface area contributed by atoms with Crippen molar-refractivity contribution < 1.29 is 19.2 Å². The van der Waals surface area contributed by atoms with Crippen LogP contribution in [0.4, 0.5) is 11.4 Å². The molecule has 0 spiro atoms. The summed E-state index contributed by atoms with van der Waals surface area (Å²) in [6, 6.07) is 2.94. The smallest absolute Gasteiger partial charge is 0.302 e. The Morgan fingerprint density at radius 2 is 2.00 bits per heavy atom. The maximum Gasteiger partial charge on any atom is 0.302 e. The molecule has 0 fully saturated rings. The lowest BCUT2D eigenvalue weighted by Crippen LogP contribution is -2.11. The molecule has 0 radical (unpaired) electrons. The summed E-state index contributed by atoms with van der Waals surface area (Å²) in [5.74, 6) is -0.695. The van der Waals surface area contributed by atoms with E-state index in [0.717, 1.165) is 0 Å². The van der Waals surface area contributed by atoms with Crippen LogP contribution < -0.4 is 5.32 Å². The molecule has 0 bridgehead atoms. The third-order valence-electron chi connectivity index (χ3n) is 2.61. The van der Waals surface area contributed by atoms with Crippen LogP contribution in [0.3, 0.4) is 0 Å². The largest absolute Gasteiger partial charge is 0.466 e. The summed E-state index contributed by atoms with van der Waals surface area (Å²) in [7, 11) is 0. The van der Waals surface area contributed by atoms with Crippen molar-refractivity contribution in [2.75, 3.05) is 11.9 Å². The topological polar surface area (TPSA) is 98.5 Å². The molecule has 0 atom stereocenters. The molecule has 1 aromatic carbocycles. The average molecular weight is 280 g/mol. The molecule has 0 heterocycles. The van der Waals surface area contributed by atoms with E-state index in [2.05, 4.69) is 5.32 Å². The van der Waals surface area contributed by atoms with E-state index in [0.29, 0.717) is 16.8 Å². The number of aryl methyl sites for hydroxylation is 1. The highest BCUT2D eigenvalue weighted by molar-refractivity contribution is 5.90. The SMILES string of the molecule is CC(=O)Nc1cc(C)c([N+](=O)[O-])cc1CCOC(C)=O. The molecule has 7 nitrogen and oxygen atoms in total. The summed E-state index contributed by atoms with van der Waals surface area (Å²) in [4.78, 5) is 32.3. The number of nitrogens with zero attached hydrogens (tertiary/aromatic N) is 1. The van der Waals surface area contributed by atoms with E-state index < -0.39 is 10.9 Å². The fourth-order valence-electron chi connectivity index (χ4n) is 1.75. The van der Waals surface area contributed by atoms with Crippen LogP contribution in [-0.2, 0) is 20.7 Å². The summed E-state index contributed by atoms with van der Waals surface area (Å²) in [6.07, 6.45) is 0.288. The van der Waals surface area contributed by atoms with Gasteiger partial charge in [0.15, 0.2) is 0 Å². The van der Waals surface area contributed by atoms with E-state index in [1.54, 1.807) is 13.0 Å². The van der Waals surface area contributed by atoms with Gasteiger partial charge in [0.1, 0.15) is 0 Å². The molecule has 0 unspecified atom stereocenters. The van der Waals surface area contributed by atoms with E-state index in [-0.39, 0.29) is 24.6 Å². The third-order valence-corrected chi connectivity index (χ3v) is 2.61. The molecule has 1 amide bonds. The quantitative estimate of drug-likeness (QED) is 0.505. The molecular formula is C13H16N2O5. The van der Waals surface area contributed by atoms with Crippen molar-refractivity contribution in [2.45, 2.75) is 27.2 Å². The second-order valence-electron chi connectivity index (χ2n) is 4.32. The molecular weight excluding hydrogens is 264 g/mol. The first-order chi connectivity index (χ1) is 9.31. The molecule has 0 aliphatic rings. The number of amides is 1. The number of hydrogen-bond acceptors (Lipinski definition) is 5. The van der Waals surface area contributed by atoms with Crippen molar-refractivity contribution in [3.63, 3.8) is 0 Å². The van der Waals surface area contributed by atoms with Crippen LogP contribution in [0.2, 0.25) is 0 Å². The fraction of sp³-hybridized carbons (Fsp3) is 0.385. The van der Waals surface area contributed by atoms with Crippen LogP contribution in [0.5, 0.6) is 0 Å². The summed E-state index contributed by atoms with van der Waals surface area (Å²) < 4.78 is 4.81. The Balaban J connectivity index is 3.07. The van der Waals surface area contributed by atoms with Gasteiger partial charge in [0.25, 0.3) is 5.69 Å². The van der Waals surface area contributed by atoms with Crippen molar-refractivity contribution in [1.82, 2.24) is 0 Å². The zero-order chi connectivity index (χ0) is 15.3. The van der Waals surface area contributed by atoms with Crippen molar-refractivity contribution in [3.05, 3.63) is 33.4 Å². The van der Waals surface area contributed by atoms with Gasteiger partial charge in [-0.15, -0.1) is 0 Å². The molecule has 1 aromatic rings. The number of carbonyl (C=O) groups excluding carboxylic acids is 2. The monoisotopic (exact) mass is 280 g/mol. The van der Waals surface area contributed by atoms with Crippen molar-refractivity contribution >= 4 is 23.3 Å². The van der Waals surface area contributed by atoms with Gasteiger partial charge in [-0.1, -0.05) is 0 Å². The van der Waals surface area contributed by atoms with Crippen LogP contribution in [-0.4, -0.2) is 23.4 Å². The third kappa shape index (κ3) is 4.34. The average Bonchev–Trinajstić information content (AvgIpc) is 2.30. The number of hydrogen-bond donors (Lipinski definition) is 1. The first kappa shape index (κ1) is 15.6. The first-order valence-electron chi connectivity index (χ1n) is 6.00. The van der Waals surface area contributed by atoms with Crippen molar-refractivity contribution in [2.24, 2.45) is 0 Å². The lowest BCUT2D eigenvalue weighted by Gasteiger charge is -2.11. The standard InChI is InChI=1S/C13H16N2O5/c1-8-6-12(14-9(2)16)11(4-5-20-10(3)17)7-13(8)15(18)19/h6-7H,4-5H2,1-3H3,(H,14,16). The molecule has 20 heavy (non-hydrogen) atoms.